The Balaban J connectivity index is 1.70. The molecule has 1 aliphatic heterocycles. The van der Waals surface area contributed by atoms with Crippen LogP contribution >= 0.6 is 27.7 Å². The average Bonchev–Trinajstić information content (AvgIpc) is 2.98. The summed E-state index contributed by atoms with van der Waals surface area (Å²) in [4.78, 5) is 20.3. The lowest BCUT2D eigenvalue weighted by molar-refractivity contribution is -0.122. The number of hydrogen-bond acceptors (Lipinski definition) is 3. The van der Waals surface area contributed by atoms with Crippen molar-refractivity contribution >= 4 is 50.5 Å². The molecule has 1 aliphatic rings. The Morgan fingerprint density at radius 3 is 2.36 bits per heavy atom. The first-order chi connectivity index (χ1) is 13.7. The van der Waals surface area contributed by atoms with Crippen LogP contribution in [0.1, 0.15) is 11.1 Å². The van der Waals surface area contributed by atoms with E-state index in [0.717, 1.165) is 21.3 Å². The molecule has 0 radical (unpaired) electrons. The van der Waals surface area contributed by atoms with E-state index in [-0.39, 0.29) is 5.91 Å². The molecule has 0 spiro atoms. The molecule has 0 atom stereocenters. The normalized spacial score (nSPS) is 16.9. The summed E-state index contributed by atoms with van der Waals surface area (Å²) in [6.07, 6.45) is 1.92. The first-order valence-corrected chi connectivity index (χ1v) is 10.4. The molecule has 1 amide bonds. The third kappa shape index (κ3) is 4.43. The Morgan fingerprint density at radius 1 is 0.929 bits per heavy atom. The molecule has 28 heavy (non-hydrogen) atoms. The van der Waals surface area contributed by atoms with Gasteiger partial charge in [-0.3, -0.25) is 9.69 Å². The minimum Gasteiger partial charge on any atom is -0.282 e. The molecule has 138 valence electrons. The van der Waals surface area contributed by atoms with Crippen LogP contribution < -0.4 is 0 Å². The highest BCUT2D eigenvalue weighted by molar-refractivity contribution is 9.10. The number of thioether (sulfide) groups is 1. The molecular weight excluding hydrogens is 432 g/mol. The smallest absolute Gasteiger partial charge is 0.267 e. The van der Waals surface area contributed by atoms with Gasteiger partial charge in [0.1, 0.15) is 0 Å². The number of amidine groups is 1. The molecule has 5 heteroatoms. The fourth-order valence-electron chi connectivity index (χ4n) is 2.86. The number of carbonyl (C=O) groups excluding carboxylic acids is 1. The fourth-order valence-corrected chi connectivity index (χ4v) is 4.27. The van der Waals surface area contributed by atoms with Crippen LogP contribution in [0.25, 0.3) is 6.08 Å². The summed E-state index contributed by atoms with van der Waals surface area (Å²) in [6.45, 7) is 0.494. The Bertz CT molecular complexity index is 1050. The average molecular weight is 449 g/mol. The molecular formula is C23H17BrN2OS. The zero-order valence-electron chi connectivity index (χ0n) is 15.0. The summed E-state index contributed by atoms with van der Waals surface area (Å²) >= 11 is 4.90. The Labute approximate surface area is 176 Å². The summed E-state index contributed by atoms with van der Waals surface area (Å²) in [5.41, 5.74) is 2.88. The Hall–Kier alpha value is -2.63. The lowest BCUT2D eigenvalue weighted by atomic mass is 10.2. The van der Waals surface area contributed by atoms with E-state index in [1.165, 1.54) is 11.8 Å². The van der Waals surface area contributed by atoms with Crippen molar-refractivity contribution in [2.45, 2.75) is 6.54 Å². The van der Waals surface area contributed by atoms with Crippen LogP contribution in [0.3, 0.4) is 0 Å². The second-order valence-electron chi connectivity index (χ2n) is 6.27. The predicted octanol–water partition coefficient (Wildman–Crippen LogP) is 6.25. The van der Waals surface area contributed by atoms with E-state index in [0.29, 0.717) is 16.6 Å². The van der Waals surface area contributed by atoms with Crippen molar-refractivity contribution in [3.05, 3.63) is 105 Å². The summed E-state index contributed by atoms with van der Waals surface area (Å²) in [5, 5.41) is 0.696. The van der Waals surface area contributed by atoms with Crippen molar-refractivity contribution in [1.82, 2.24) is 4.90 Å². The van der Waals surface area contributed by atoms with Gasteiger partial charge < -0.3 is 0 Å². The topological polar surface area (TPSA) is 32.7 Å². The van der Waals surface area contributed by atoms with Crippen molar-refractivity contribution in [2.75, 3.05) is 0 Å². The van der Waals surface area contributed by atoms with Crippen molar-refractivity contribution in [3.63, 3.8) is 0 Å². The second-order valence-corrected chi connectivity index (χ2v) is 8.20. The highest BCUT2D eigenvalue weighted by Gasteiger charge is 2.33. The van der Waals surface area contributed by atoms with Gasteiger partial charge in [-0.2, -0.15) is 0 Å². The molecule has 3 aromatic rings. The van der Waals surface area contributed by atoms with Gasteiger partial charge in [0, 0.05) is 4.47 Å². The van der Waals surface area contributed by atoms with Crippen molar-refractivity contribution in [2.24, 2.45) is 4.99 Å². The van der Waals surface area contributed by atoms with E-state index in [2.05, 4.69) is 15.9 Å². The van der Waals surface area contributed by atoms with Gasteiger partial charge in [0.2, 0.25) is 0 Å². The standard InChI is InChI=1S/C23H17BrN2OS/c24-19-11-7-10-18(14-19)15-21-22(27)26(16-17-8-3-1-4-9-17)23(28-21)25-20-12-5-2-6-13-20/h1-15H,16H2. The lowest BCUT2D eigenvalue weighted by Crippen LogP contribution is -2.28. The highest BCUT2D eigenvalue weighted by Crippen LogP contribution is 2.35. The van der Waals surface area contributed by atoms with Gasteiger partial charge in [0.15, 0.2) is 5.17 Å². The third-order valence-corrected chi connectivity index (χ3v) is 5.70. The lowest BCUT2D eigenvalue weighted by Gasteiger charge is -2.15. The van der Waals surface area contributed by atoms with Gasteiger partial charge in [-0.25, -0.2) is 4.99 Å². The zero-order valence-corrected chi connectivity index (χ0v) is 17.4. The number of aliphatic imine (C=N–C) groups is 1. The molecule has 4 rings (SSSR count). The number of benzene rings is 3. The Morgan fingerprint density at radius 2 is 1.64 bits per heavy atom. The van der Waals surface area contributed by atoms with E-state index in [1.54, 1.807) is 4.90 Å². The number of rotatable bonds is 4. The van der Waals surface area contributed by atoms with E-state index in [1.807, 2.05) is 91.0 Å². The maximum absolute atomic E-state index is 13.1. The molecule has 1 heterocycles. The maximum Gasteiger partial charge on any atom is 0.267 e. The minimum absolute atomic E-state index is 0.0245. The number of halogens is 1. The van der Waals surface area contributed by atoms with Gasteiger partial charge in [0.25, 0.3) is 5.91 Å². The van der Waals surface area contributed by atoms with Crippen molar-refractivity contribution < 1.29 is 4.79 Å². The highest BCUT2D eigenvalue weighted by atomic mass is 79.9. The van der Waals surface area contributed by atoms with Crippen LogP contribution in [0, 0.1) is 0 Å². The predicted molar refractivity (Wildman–Crippen MR) is 120 cm³/mol. The van der Waals surface area contributed by atoms with Crippen LogP contribution in [0.15, 0.2) is 99.3 Å². The number of carbonyl (C=O) groups is 1. The molecule has 0 unspecified atom stereocenters. The molecule has 3 aromatic carbocycles. The van der Waals surface area contributed by atoms with Gasteiger partial charge in [-0.05, 0) is 53.2 Å². The van der Waals surface area contributed by atoms with Crippen LogP contribution in [0.4, 0.5) is 5.69 Å². The van der Waals surface area contributed by atoms with E-state index >= 15 is 0 Å². The first-order valence-electron chi connectivity index (χ1n) is 8.84. The SMILES string of the molecule is O=C1C(=Cc2cccc(Br)c2)SC(=Nc2ccccc2)N1Cc1ccccc1. The maximum atomic E-state index is 13.1. The monoisotopic (exact) mass is 448 g/mol. The molecule has 0 aliphatic carbocycles. The van der Waals surface area contributed by atoms with E-state index in [9.17, 15) is 4.79 Å². The molecule has 0 aromatic heterocycles. The second kappa shape index (κ2) is 8.59. The van der Waals surface area contributed by atoms with Gasteiger partial charge in [-0.15, -0.1) is 0 Å². The molecule has 3 nitrogen and oxygen atoms in total. The number of nitrogens with zero attached hydrogens (tertiary/aromatic N) is 2. The molecule has 1 fully saturated rings. The van der Waals surface area contributed by atoms with Crippen molar-refractivity contribution in [3.8, 4) is 0 Å². The minimum atomic E-state index is -0.0245. The first kappa shape index (κ1) is 18.7. The molecule has 0 saturated carbocycles. The summed E-state index contributed by atoms with van der Waals surface area (Å²) in [5.74, 6) is -0.0245. The van der Waals surface area contributed by atoms with Crippen molar-refractivity contribution in [1.29, 1.82) is 0 Å². The number of hydrogen-bond donors (Lipinski definition) is 0. The zero-order chi connectivity index (χ0) is 19.3. The largest absolute Gasteiger partial charge is 0.282 e. The van der Waals surface area contributed by atoms with Crippen LogP contribution in [0.5, 0.6) is 0 Å². The number of amides is 1. The Kier molecular flexibility index (Phi) is 5.74. The van der Waals surface area contributed by atoms with Crippen LogP contribution in [-0.2, 0) is 11.3 Å². The quantitative estimate of drug-likeness (QED) is 0.441. The molecule has 0 N–H and O–H groups in total. The van der Waals surface area contributed by atoms with Gasteiger partial charge >= 0.3 is 0 Å². The molecule has 0 bridgehead atoms. The van der Waals surface area contributed by atoms with E-state index in [4.69, 9.17) is 4.99 Å². The summed E-state index contributed by atoms with van der Waals surface area (Å²) < 4.78 is 0.983. The van der Waals surface area contributed by atoms with Gasteiger partial charge in [-0.1, -0.05) is 76.6 Å². The third-order valence-electron chi connectivity index (χ3n) is 4.20. The summed E-state index contributed by atoms with van der Waals surface area (Å²) in [7, 11) is 0. The summed E-state index contributed by atoms with van der Waals surface area (Å²) in [6, 6.07) is 27.6. The van der Waals surface area contributed by atoms with Crippen LogP contribution in [0.2, 0.25) is 0 Å². The number of para-hydroxylation sites is 1. The van der Waals surface area contributed by atoms with Crippen LogP contribution in [-0.4, -0.2) is 16.0 Å². The molecule has 1 saturated heterocycles. The van der Waals surface area contributed by atoms with Gasteiger partial charge in [0.05, 0.1) is 17.1 Å². The fraction of sp³-hybridized carbons (Fsp3) is 0.0435. The van der Waals surface area contributed by atoms with E-state index < -0.39 is 0 Å².